The van der Waals surface area contributed by atoms with E-state index in [1.807, 2.05) is 0 Å². The van der Waals surface area contributed by atoms with Crippen molar-refractivity contribution in [2.75, 3.05) is 32.2 Å². The van der Waals surface area contributed by atoms with Gasteiger partial charge in [0, 0.05) is 23.9 Å². The van der Waals surface area contributed by atoms with Gasteiger partial charge in [0.25, 0.3) is 5.56 Å². The number of rotatable bonds is 7. The van der Waals surface area contributed by atoms with Gasteiger partial charge in [0.05, 0.1) is 37.9 Å². The number of fused-ring (bicyclic) bond motifs is 1. The number of hydrogen-bond acceptors (Lipinski definition) is 11. The summed E-state index contributed by atoms with van der Waals surface area (Å²) in [5.74, 6) is -0.466. The number of aliphatic hydroxyl groups is 2. The summed E-state index contributed by atoms with van der Waals surface area (Å²) < 4.78 is 35.3. The van der Waals surface area contributed by atoms with Gasteiger partial charge in [0.1, 0.15) is 6.10 Å². The van der Waals surface area contributed by atoms with E-state index in [1.54, 1.807) is 13.8 Å². The lowest BCUT2D eigenvalue weighted by Gasteiger charge is -2.21. The van der Waals surface area contributed by atoms with E-state index in [4.69, 9.17) is 18.3 Å². The van der Waals surface area contributed by atoms with Crippen LogP contribution >= 0.6 is 19.6 Å². The van der Waals surface area contributed by atoms with E-state index in [0.29, 0.717) is 0 Å². The Balaban J connectivity index is 1.55. The molecule has 5 atom stereocenters. The minimum atomic E-state index is -3.93. The van der Waals surface area contributed by atoms with Crippen LogP contribution in [0.25, 0.3) is 0 Å². The maximum Gasteiger partial charge on any atom is 0.474 e. The molecule has 2 saturated heterocycles. The minimum absolute atomic E-state index is 0.0939. The zero-order chi connectivity index (χ0) is 22.8. The molecule has 0 spiro atoms. The molecule has 174 valence electrons. The lowest BCUT2D eigenvalue weighted by atomic mass is 9.97. The topological polar surface area (TPSA) is 166 Å². The van der Waals surface area contributed by atoms with Gasteiger partial charge in [0.15, 0.2) is 11.3 Å². The van der Waals surface area contributed by atoms with Crippen LogP contribution in [-0.4, -0.2) is 69.3 Å². The molecule has 0 bridgehead atoms. The van der Waals surface area contributed by atoms with Crippen molar-refractivity contribution in [3.05, 3.63) is 33.1 Å². The number of carbonyl (C=O) groups excluding carboxylic acids is 1. The SMILES string of the molecule is CC(C)(CO)C(=O)SCCOP1(=O)OCC2OC(n3ccc(=O)[nH]c3=O)C(O)C2CO1. The predicted molar refractivity (Wildman–Crippen MR) is 109 cm³/mol. The fourth-order valence-corrected chi connectivity index (χ4v) is 5.17. The number of nitrogens with zero attached hydrogens (tertiary/aromatic N) is 1. The van der Waals surface area contributed by atoms with Crippen LogP contribution in [0.4, 0.5) is 0 Å². The molecule has 5 unspecified atom stereocenters. The summed E-state index contributed by atoms with van der Waals surface area (Å²) >= 11 is 0.939. The second-order valence-corrected chi connectivity index (χ2v) is 10.5. The van der Waals surface area contributed by atoms with Gasteiger partial charge in [-0.3, -0.25) is 32.7 Å². The molecule has 14 heteroatoms. The molecule has 3 heterocycles. The number of nitrogens with one attached hydrogen (secondary N) is 1. The second kappa shape index (κ2) is 9.67. The van der Waals surface area contributed by atoms with E-state index >= 15 is 0 Å². The highest BCUT2D eigenvalue weighted by molar-refractivity contribution is 8.13. The standard InChI is InChI=1S/C17H25N2O10PS/c1-17(2,9-20)15(23)31-6-5-26-30(25)27-7-10-11(8-28-30)29-14(13(10)22)19-4-3-12(21)18-16(19)24/h3-4,10-11,13-14,20,22H,5-9H2,1-2H3,(H,18,21,24). The van der Waals surface area contributed by atoms with Crippen molar-refractivity contribution in [2.24, 2.45) is 11.3 Å². The van der Waals surface area contributed by atoms with Crippen molar-refractivity contribution >= 4 is 24.7 Å². The van der Waals surface area contributed by atoms with E-state index < -0.39 is 48.8 Å². The molecule has 3 N–H and O–H groups in total. The zero-order valence-corrected chi connectivity index (χ0v) is 18.7. The number of ether oxygens (including phenoxy) is 1. The van der Waals surface area contributed by atoms with Crippen LogP contribution in [0.2, 0.25) is 0 Å². The highest BCUT2D eigenvalue weighted by Crippen LogP contribution is 2.53. The lowest BCUT2D eigenvalue weighted by molar-refractivity contribution is -0.119. The maximum atomic E-state index is 12.7. The molecule has 0 saturated carbocycles. The van der Waals surface area contributed by atoms with E-state index in [-0.39, 0.29) is 37.3 Å². The number of aromatic nitrogens is 2. The first-order valence-electron chi connectivity index (χ1n) is 9.53. The fourth-order valence-electron chi connectivity index (χ4n) is 3.02. The largest absolute Gasteiger partial charge is 0.474 e. The van der Waals surface area contributed by atoms with Gasteiger partial charge in [-0.1, -0.05) is 11.8 Å². The summed E-state index contributed by atoms with van der Waals surface area (Å²) in [6, 6.07) is 1.13. The van der Waals surface area contributed by atoms with Gasteiger partial charge in [-0.2, -0.15) is 0 Å². The summed E-state index contributed by atoms with van der Waals surface area (Å²) in [6.45, 7) is 2.42. The average molecular weight is 480 g/mol. The minimum Gasteiger partial charge on any atom is -0.395 e. The Morgan fingerprint density at radius 2 is 2.10 bits per heavy atom. The van der Waals surface area contributed by atoms with Gasteiger partial charge >= 0.3 is 13.5 Å². The monoisotopic (exact) mass is 480 g/mol. The Labute approximate surface area is 181 Å². The smallest absolute Gasteiger partial charge is 0.395 e. The number of thioether (sulfide) groups is 1. The summed E-state index contributed by atoms with van der Waals surface area (Å²) in [7, 11) is -3.93. The van der Waals surface area contributed by atoms with Crippen molar-refractivity contribution in [1.29, 1.82) is 0 Å². The number of hydrogen-bond donors (Lipinski definition) is 3. The third kappa shape index (κ3) is 5.55. The molecule has 2 fully saturated rings. The molecule has 1 aromatic heterocycles. The third-order valence-electron chi connectivity index (χ3n) is 4.98. The molecule has 1 aromatic rings. The van der Waals surface area contributed by atoms with Crippen LogP contribution in [0, 0.1) is 11.3 Å². The molecular weight excluding hydrogens is 455 g/mol. The van der Waals surface area contributed by atoms with Gasteiger partial charge in [-0.05, 0) is 13.8 Å². The van der Waals surface area contributed by atoms with Gasteiger partial charge < -0.3 is 14.9 Å². The molecular formula is C17H25N2O10PS. The van der Waals surface area contributed by atoms with Gasteiger partial charge in [-0.25, -0.2) is 9.36 Å². The Morgan fingerprint density at radius 3 is 2.77 bits per heavy atom. The molecule has 0 aromatic carbocycles. The lowest BCUT2D eigenvalue weighted by Crippen LogP contribution is -2.36. The number of aromatic amines is 1. The van der Waals surface area contributed by atoms with Crippen molar-refractivity contribution < 1.29 is 37.9 Å². The van der Waals surface area contributed by atoms with Crippen LogP contribution in [0.5, 0.6) is 0 Å². The van der Waals surface area contributed by atoms with Crippen molar-refractivity contribution in [1.82, 2.24) is 9.55 Å². The normalized spacial score (nSPS) is 31.2. The molecule has 12 nitrogen and oxygen atoms in total. The fraction of sp³-hybridized carbons (Fsp3) is 0.706. The first kappa shape index (κ1) is 24.3. The molecule has 3 rings (SSSR count). The Hall–Kier alpha value is -1.31. The molecule has 0 amide bonds. The zero-order valence-electron chi connectivity index (χ0n) is 17.0. The summed E-state index contributed by atoms with van der Waals surface area (Å²) in [4.78, 5) is 37.3. The highest BCUT2D eigenvalue weighted by Gasteiger charge is 2.49. The molecule has 2 aliphatic heterocycles. The van der Waals surface area contributed by atoms with Crippen LogP contribution in [0.15, 0.2) is 21.9 Å². The molecule has 2 aliphatic rings. The Kier molecular flexibility index (Phi) is 7.59. The van der Waals surface area contributed by atoms with Crippen LogP contribution in [0.1, 0.15) is 20.1 Å². The number of phosphoric acid groups is 1. The van der Waals surface area contributed by atoms with Crippen LogP contribution in [-0.2, 0) is 27.7 Å². The van der Waals surface area contributed by atoms with Crippen LogP contribution < -0.4 is 11.2 Å². The van der Waals surface area contributed by atoms with Gasteiger partial charge in [-0.15, -0.1) is 0 Å². The summed E-state index contributed by atoms with van der Waals surface area (Å²) in [5, 5.41) is 19.6. The van der Waals surface area contributed by atoms with Crippen molar-refractivity contribution in [3.63, 3.8) is 0 Å². The number of aliphatic hydroxyl groups excluding tert-OH is 2. The van der Waals surface area contributed by atoms with E-state index in [9.17, 15) is 29.2 Å². The third-order valence-corrected chi connectivity index (χ3v) is 7.60. The summed E-state index contributed by atoms with van der Waals surface area (Å²) in [6.07, 6.45) is -1.76. The first-order chi connectivity index (χ1) is 14.6. The quantitative estimate of drug-likeness (QED) is 0.351. The summed E-state index contributed by atoms with van der Waals surface area (Å²) in [5.41, 5.74) is -2.20. The molecule has 31 heavy (non-hydrogen) atoms. The molecule has 0 radical (unpaired) electrons. The van der Waals surface area contributed by atoms with E-state index in [0.717, 1.165) is 22.4 Å². The highest BCUT2D eigenvalue weighted by atomic mass is 32.2. The van der Waals surface area contributed by atoms with Crippen LogP contribution in [0.3, 0.4) is 0 Å². The Morgan fingerprint density at radius 1 is 1.39 bits per heavy atom. The maximum absolute atomic E-state index is 12.7. The van der Waals surface area contributed by atoms with E-state index in [2.05, 4.69) is 4.98 Å². The molecule has 0 aliphatic carbocycles. The predicted octanol–water partition coefficient (Wildman–Crippen LogP) is -0.139. The number of H-pyrrole nitrogens is 1. The van der Waals surface area contributed by atoms with Gasteiger partial charge in [0.2, 0.25) is 0 Å². The van der Waals surface area contributed by atoms with Crippen molar-refractivity contribution in [2.45, 2.75) is 32.3 Å². The number of carbonyl (C=O) groups is 1. The Bertz CT molecular complexity index is 963. The number of phosphoric ester groups is 1. The average Bonchev–Trinajstić information content (AvgIpc) is 2.93. The van der Waals surface area contributed by atoms with Crippen molar-refractivity contribution in [3.8, 4) is 0 Å². The first-order valence-corrected chi connectivity index (χ1v) is 12.0. The van der Waals surface area contributed by atoms with E-state index in [1.165, 1.54) is 6.20 Å². The second-order valence-electron chi connectivity index (χ2n) is 7.79.